The first kappa shape index (κ1) is 29.6. The lowest BCUT2D eigenvalue weighted by atomic mass is 9.88. The molecule has 5 nitrogen and oxygen atoms in total. The van der Waals surface area contributed by atoms with E-state index in [4.69, 9.17) is 0 Å². The number of rotatable bonds is 6. The molecule has 2 aromatic carbocycles. The molecule has 1 aliphatic carbocycles. The Bertz CT molecular complexity index is 1350. The number of halogens is 9. The average molecular weight is 591 g/mol. The number of hydrogen-bond acceptors (Lipinski definition) is 4. The number of aliphatic hydroxyl groups is 1. The maximum atomic E-state index is 15.7. The van der Waals surface area contributed by atoms with Gasteiger partial charge in [-0.2, -0.15) is 30.6 Å². The van der Waals surface area contributed by atoms with Crippen molar-refractivity contribution in [3.05, 3.63) is 58.4 Å². The van der Waals surface area contributed by atoms with Gasteiger partial charge in [-0.05, 0) is 30.9 Å². The van der Waals surface area contributed by atoms with Crippen molar-refractivity contribution in [1.82, 2.24) is 9.21 Å². The van der Waals surface area contributed by atoms with Gasteiger partial charge in [0.15, 0.2) is 0 Å². The standard InChI is InChI=1S/C24H23F9N2O3S/c1-39(37,38)35-8-6-34(7-9-35)12-14-10-18(26)20(19(21(14)27)13-2-3-13)16-5-4-15(11-17(16)25)22(36,23(28,29)30)24(31,32)33/h4-5,10-11,13,36H,2-3,6-9,12H2,1H3. The van der Waals surface area contributed by atoms with E-state index in [-0.39, 0.29) is 56.0 Å². The molecule has 2 fully saturated rings. The monoisotopic (exact) mass is 590 g/mol. The minimum Gasteiger partial charge on any atom is -0.369 e. The summed E-state index contributed by atoms with van der Waals surface area (Å²) in [5, 5.41) is 9.55. The van der Waals surface area contributed by atoms with Crippen LogP contribution in [0.15, 0.2) is 24.3 Å². The summed E-state index contributed by atoms with van der Waals surface area (Å²) < 4.78 is 150. The largest absolute Gasteiger partial charge is 0.430 e. The number of benzene rings is 2. The van der Waals surface area contributed by atoms with Gasteiger partial charge >= 0.3 is 12.4 Å². The Kier molecular flexibility index (Phi) is 7.54. The number of sulfonamides is 1. The van der Waals surface area contributed by atoms with Gasteiger partial charge in [-0.1, -0.05) is 12.1 Å². The fourth-order valence-corrected chi connectivity index (χ4v) is 5.56. The third-order valence-electron chi connectivity index (χ3n) is 6.98. The highest BCUT2D eigenvalue weighted by molar-refractivity contribution is 7.88. The van der Waals surface area contributed by atoms with Crippen LogP contribution in [0.1, 0.15) is 35.4 Å². The van der Waals surface area contributed by atoms with Crippen LogP contribution in [0.2, 0.25) is 0 Å². The molecule has 0 radical (unpaired) electrons. The third-order valence-corrected chi connectivity index (χ3v) is 8.29. The van der Waals surface area contributed by atoms with Gasteiger partial charge in [0, 0.05) is 60.5 Å². The van der Waals surface area contributed by atoms with Crippen LogP contribution < -0.4 is 0 Å². The number of alkyl halides is 6. The fraction of sp³-hybridized carbons (Fsp3) is 0.500. The maximum absolute atomic E-state index is 15.7. The first-order chi connectivity index (χ1) is 17.9. The smallest absolute Gasteiger partial charge is 0.369 e. The minimum absolute atomic E-state index is 0.105. The van der Waals surface area contributed by atoms with Crippen molar-refractivity contribution in [3.8, 4) is 11.1 Å². The Morgan fingerprint density at radius 1 is 0.897 bits per heavy atom. The highest BCUT2D eigenvalue weighted by Gasteiger charge is 2.71. The molecule has 15 heteroatoms. The normalized spacial score (nSPS) is 18.5. The summed E-state index contributed by atoms with van der Waals surface area (Å²) in [6.07, 6.45) is -10.6. The van der Waals surface area contributed by atoms with Crippen molar-refractivity contribution in [2.75, 3.05) is 32.4 Å². The summed E-state index contributed by atoms with van der Waals surface area (Å²) in [4.78, 5) is 1.69. The molecule has 216 valence electrons. The molecule has 2 aromatic rings. The Balaban J connectivity index is 1.71. The van der Waals surface area contributed by atoms with Crippen LogP contribution >= 0.6 is 0 Å². The van der Waals surface area contributed by atoms with Gasteiger partial charge in [-0.15, -0.1) is 0 Å². The van der Waals surface area contributed by atoms with Crippen LogP contribution in [0.4, 0.5) is 39.5 Å². The van der Waals surface area contributed by atoms with Crippen molar-refractivity contribution in [3.63, 3.8) is 0 Å². The lowest BCUT2D eigenvalue weighted by Gasteiger charge is -2.33. The summed E-state index contributed by atoms with van der Waals surface area (Å²) in [5.41, 5.74) is -8.96. The van der Waals surface area contributed by atoms with Crippen LogP contribution in [-0.4, -0.2) is 67.5 Å². The SMILES string of the molecule is CS(=O)(=O)N1CCN(Cc2cc(F)c(-c3ccc(C(O)(C(F)(F)F)C(F)(F)F)cc3F)c(C3CC3)c2F)CC1. The zero-order valence-electron chi connectivity index (χ0n) is 20.3. The third kappa shape index (κ3) is 5.50. The minimum atomic E-state index is -6.25. The quantitative estimate of drug-likeness (QED) is 0.480. The molecule has 0 aromatic heterocycles. The first-order valence-corrected chi connectivity index (χ1v) is 13.6. The van der Waals surface area contributed by atoms with Crippen molar-refractivity contribution in [2.45, 2.75) is 43.3 Å². The van der Waals surface area contributed by atoms with Crippen LogP contribution in [0.5, 0.6) is 0 Å². The van der Waals surface area contributed by atoms with Gasteiger partial charge in [-0.3, -0.25) is 4.90 Å². The molecular formula is C24H23F9N2O3S. The van der Waals surface area contributed by atoms with Crippen LogP contribution in [-0.2, 0) is 22.2 Å². The van der Waals surface area contributed by atoms with E-state index in [0.29, 0.717) is 18.9 Å². The molecule has 1 heterocycles. The van der Waals surface area contributed by atoms with Crippen molar-refractivity contribution in [2.24, 2.45) is 0 Å². The fourth-order valence-electron chi connectivity index (χ4n) is 4.74. The van der Waals surface area contributed by atoms with E-state index in [9.17, 15) is 39.9 Å². The second kappa shape index (κ2) is 9.93. The van der Waals surface area contributed by atoms with Crippen molar-refractivity contribution < 1.29 is 53.0 Å². The van der Waals surface area contributed by atoms with E-state index < -0.39 is 68.0 Å². The summed E-state index contributed by atoms with van der Waals surface area (Å²) in [6, 6.07) is 1.25. The van der Waals surface area contributed by atoms with Crippen molar-refractivity contribution >= 4 is 10.0 Å². The Morgan fingerprint density at radius 2 is 1.46 bits per heavy atom. The molecule has 0 unspecified atom stereocenters. The predicted molar refractivity (Wildman–Crippen MR) is 121 cm³/mol. The number of nitrogens with zero attached hydrogens (tertiary/aromatic N) is 2. The summed E-state index contributed by atoms with van der Waals surface area (Å²) in [7, 11) is -3.42. The lowest BCUT2D eigenvalue weighted by Crippen LogP contribution is -2.53. The van der Waals surface area contributed by atoms with Crippen LogP contribution in [0.25, 0.3) is 11.1 Å². The average Bonchev–Trinajstić information content (AvgIpc) is 3.64. The first-order valence-electron chi connectivity index (χ1n) is 11.7. The Morgan fingerprint density at radius 3 is 1.92 bits per heavy atom. The number of piperazine rings is 1. The summed E-state index contributed by atoms with van der Waals surface area (Å²) in [5.74, 6) is -4.26. The van der Waals surface area contributed by atoms with Gasteiger partial charge in [0.25, 0.3) is 5.60 Å². The van der Waals surface area contributed by atoms with E-state index in [2.05, 4.69) is 0 Å². The predicted octanol–water partition coefficient (Wildman–Crippen LogP) is 5.04. The molecule has 0 amide bonds. The zero-order valence-corrected chi connectivity index (χ0v) is 21.1. The molecule has 1 saturated carbocycles. The molecule has 0 bridgehead atoms. The molecule has 0 spiro atoms. The lowest BCUT2D eigenvalue weighted by molar-refractivity contribution is -0.376. The zero-order chi connectivity index (χ0) is 29.1. The van der Waals surface area contributed by atoms with Crippen LogP contribution in [0.3, 0.4) is 0 Å². The highest BCUT2D eigenvalue weighted by atomic mass is 32.2. The Hall–Kier alpha value is -2.36. The molecule has 39 heavy (non-hydrogen) atoms. The van der Waals surface area contributed by atoms with E-state index in [0.717, 1.165) is 12.3 Å². The summed E-state index contributed by atoms with van der Waals surface area (Å²) in [6.45, 7) is 0.622. The summed E-state index contributed by atoms with van der Waals surface area (Å²) >= 11 is 0. The molecule has 2 aliphatic rings. The number of hydrogen-bond donors (Lipinski definition) is 1. The van der Waals surface area contributed by atoms with Crippen LogP contribution in [0, 0.1) is 17.5 Å². The molecule has 1 N–H and O–H groups in total. The molecule has 4 rings (SSSR count). The highest BCUT2D eigenvalue weighted by Crippen LogP contribution is 2.52. The Labute approximate surface area is 217 Å². The second-order valence-corrected chi connectivity index (χ2v) is 11.7. The second-order valence-electron chi connectivity index (χ2n) is 9.73. The topological polar surface area (TPSA) is 60.9 Å². The molecular weight excluding hydrogens is 567 g/mol. The van der Waals surface area contributed by atoms with E-state index >= 15 is 13.2 Å². The van der Waals surface area contributed by atoms with Gasteiger partial charge in [0.1, 0.15) is 17.5 Å². The van der Waals surface area contributed by atoms with Crippen molar-refractivity contribution in [1.29, 1.82) is 0 Å². The molecule has 1 aliphatic heterocycles. The van der Waals surface area contributed by atoms with E-state index in [1.165, 1.54) is 4.31 Å². The maximum Gasteiger partial charge on any atom is 0.430 e. The molecule has 1 saturated heterocycles. The van der Waals surface area contributed by atoms with Gasteiger partial charge < -0.3 is 5.11 Å². The van der Waals surface area contributed by atoms with Gasteiger partial charge in [-0.25, -0.2) is 21.6 Å². The van der Waals surface area contributed by atoms with Gasteiger partial charge in [0.05, 0.1) is 6.26 Å². The van der Waals surface area contributed by atoms with E-state index in [1.54, 1.807) is 4.90 Å². The van der Waals surface area contributed by atoms with Gasteiger partial charge in [0.2, 0.25) is 10.0 Å². The van der Waals surface area contributed by atoms with E-state index in [1.807, 2.05) is 0 Å². The molecule has 0 atom stereocenters.